The van der Waals surface area contributed by atoms with Crippen molar-refractivity contribution in [2.24, 2.45) is 5.92 Å². The van der Waals surface area contributed by atoms with E-state index < -0.39 is 42.3 Å². The number of carbonyl (C=O) groups is 3. The van der Waals surface area contributed by atoms with Crippen molar-refractivity contribution in [3.63, 3.8) is 0 Å². The number of nitrogens with one attached hydrogen (secondary N) is 1. The molecule has 1 fully saturated rings. The fraction of sp³-hybridized carbons (Fsp3) is 0.786. The van der Waals surface area contributed by atoms with Crippen molar-refractivity contribution >= 4 is 17.7 Å². The fourth-order valence-corrected chi connectivity index (χ4v) is 2.39. The first kappa shape index (κ1) is 18.5. The summed E-state index contributed by atoms with van der Waals surface area (Å²) in [5.74, 6) is -5.12. The molecule has 0 aromatic carbocycles. The molecule has 0 radical (unpaired) electrons. The second-order valence-electron chi connectivity index (χ2n) is 5.72. The van der Waals surface area contributed by atoms with Crippen molar-refractivity contribution in [1.29, 1.82) is 0 Å². The average molecular weight is 317 g/mol. The highest BCUT2D eigenvalue weighted by atomic mass is 16.7. The summed E-state index contributed by atoms with van der Waals surface area (Å²) in [4.78, 5) is 34.4. The minimum Gasteiger partial charge on any atom is -0.477 e. The van der Waals surface area contributed by atoms with Gasteiger partial charge in [0.15, 0.2) is 0 Å². The van der Waals surface area contributed by atoms with E-state index in [9.17, 15) is 24.6 Å². The van der Waals surface area contributed by atoms with Crippen LogP contribution in [0, 0.1) is 5.92 Å². The highest BCUT2D eigenvalue weighted by molar-refractivity contribution is 5.82. The van der Waals surface area contributed by atoms with Gasteiger partial charge in [-0.25, -0.2) is 4.79 Å². The summed E-state index contributed by atoms with van der Waals surface area (Å²) in [5.41, 5.74) is 0. The second kappa shape index (κ2) is 7.17. The summed E-state index contributed by atoms with van der Waals surface area (Å²) in [6, 6.07) is -0.954. The van der Waals surface area contributed by atoms with E-state index in [0.717, 1.165) is 0 Å². The molecule has 1 amide bonds. The Bertz CT molecular complexity index is 452. The van der Waals surface area contributed by atoms with Gasteiger partial charge >= 0.3 is 5.97 Å². The first-order valence-corrected chi connectivity index (χ1v) is 7.22. The minimum absolute atomic E-state index is 0.190. The van der Waals surface area contributed by atoms with Crippen LogP contribution in [0.5, 0.6) is 0 Å². The number of aliphatic carboxylic acids is 1. The Morgan fingerprint density at radius 1 is 1.41 bits per heavy atom. The second-order valence-corrected chi connectivity index (χ2v) is 5.72. The molecule has 0 bridgehead atoms. The molecular weight excluding hydrogens is 294 g/mol. The van der Waals surface area contributed by atoms with E-state index in [1.54, 1.807) is 6.92 Å². The fourth-order valence-electron chi connectivity index (χ4n) is 2.39. The standard InChI is InChI=1S/C14H23NO7/c1-4-7(2)9(17)5-11-12(15-8(3)16)10(18)6-14(21,22-11)13(19)20/h7,10-12,18,21H,4-6H2,1-3H3,(H,15,16)(H,19,20). The first-order chi connectivity index (χ1) is 10.1. The molecule has 4 N–H and O–H groups in total. The highest BCUT2D eigenvalue weighted by Crippen LogP contribution is 2.30. The van der Waals surface area contributed by atoms with Gasteiger partial charge in [-0.15, -0.1) is 0 Å². The number of carboxylic acid groups (broad SMARTS) is 1. The molecule has 126 valence electrons. The number of aliphatic hydroxyl groups is 2. The van der Waals surface area contributed by atoms with Crippen molar-refractivity contribution in [1.82, 2.24) is 5.32 Å². The normalized spacial score (nSPS) is 33.0. The van der Waals surface area contributed by atoms with E-state index >= 15 is 0 Å². The van der Waals surface area contributed by atoms with Gasteiger partial charge in [0.25, 0.3) is 5.79 Å². The Balaban J connectivity index is 2.98. The van der Waals surface area contributed by atoms with Crippen LogP contribution in [-0.2, 0) is 19.1 Å². The summed E-state index contributed by atoms with van der Waals surface area (Å²) >= 11 is 0. The van der Waals surface area contributed by atoms with Gasteiger partial charge in [-0.1, -0.05) is 13.8 Å². The van der Waals surface area contributed by atoms with Crippen LogP contribution in [0.25, 0.3) is 0 Å². The van der Waals surface area contributed by atoms with Gasteiger partial charge in [0.05, 0.1) is 18.2 Å². The monoisotopic (exact) mass is 317 g/mol. The smallest absolute Gasteiger partial charge is 0.364 e. The maximum Gasteiger partial charge on any atom is 0.364 e. The van der Waals surface area contributed by atoms with Gasteiger partial charge in [-0.05, 0) is 6.42 Å². The predicted octanol–water partition coefficient (Wildman–Crippen LogP) is -0.581. The van der Waals surface area contributed by atoms with Crippen molar-refractivity contribution in [2.45, 2.75) is 64.1 Å². The van der Waals surface area contributed by atoms with Gasteiger partial charge < -0.3 is 25.4 Å². The number of amides is 1. The Hall–Kier alpha value is -1.51. The molecular formula is C14H23NO7. The number of aliphatic hydroxyl groups excluding tert-OH is 1. The Kier molecular flexibility index (Phi) is 6.04. The van der Waals surface area contributed by atoms with Crippen LogP contribution in [0.1, 0.15) is 40.0 Å². The number of Topliss-reactive ketones (excluding diaryl/α,β-unsaturated/α-hetero) is 1. The van der Waals surface area contributed by atoms with Crippen LogP contribution in [0.2, 0.25) is 0 Å². The highest BCUT2D eigenvalue weighted by Gasteiger charge is 2.51. The lowest BCUT2D eigenvalue weighted by molar-refractivity contribution is -0.276. The third-order valence-electron chi connectivity index (χ3n) is 3.92. The molecule has 1 heterocycles. The third kappa shape index (κ3) is 4.25. The summed E-state index contributed by atoms with van der Waals surface area (Å²) in [6.45, 7) is 4.79. The first-order valence-electron chi connectivity index (χ1n) is 7.22. The molecule has 8 heteroatoms. The van der Waals surface area contributed by atoms with Crippen molar-refractivity contribution in [3.05, 3.63) is 0 Å². The van der Waals surface area contributed by atoms with E-state index in [0.29, 0.717) is 6.42 Å². The zero-order valence-electron chi connectivity index (χ0n) is 12.9. The lowest BCUT2D eigenvalue weighted by Gasteiger charge is -2.42. The molecule has 0 aliphatic carbocycles. The molecule has 5 atom stereocenters. The maximum absolute atomic E-state index is 12.1. The average Bonchev–Trinajstić information content (AvgIpc) is 2.41. The molecule has 8 nitrogen and oxygen atoms in total. The molecule has 22 heavy (non-hydrogen) atoms. The van der Waals surface area contributed by atoms with Gasteiger partial charge in [-0.3, -0.25) is 9.59 Å². The molecule has 1 rings (SSSR count). The maximum atomic E-state index is 12.1. The summed E-state index contributed by atoms with van der Waals surface area (Å²) in [7, 11) is 0. The molecule has 0 saturated carbocycles. The molecule has 5 unspecified atom stereocenters. The van der Waals surface area contributed by atoms with Gasteiger partial charge in [0.2, 0.25) is 5.91 Å². The molecule has 0 aromatic rings. The van der Waals surface area contributed by atoms with Crippen LogP contribution in [-0.4, -0.2) is 57.0 Å². The van der Waals surface area contributed by atoms with E-state index in [1.807, 2.05) is 6.92 Å². The Morgan fingerprint density at radius 3 is 2.45 bits per heavy atom. The zero-order chi connectivity index (χ0) is 17.1. The molecule has 0 spiro atoms. The molecule has 1 aliphatic heterocycles. The van der Waals surface area contributed by atoms with Crippen LogP contribution in [0.3, 0.4) is 0 Å². The number of ketones is 1. The van der Waals surface area contributed by atoms with E-state index in [2.05, 4.69) is 5.32 Å². The van der Waals surface area contributed by atoms with Crippen LogP contribution >= 0.6 is 0 Å². The number of carbonyl (C=O) groups excluding carboxylic acids is 2. The van der Waals surface area contributed by atoms with E-state index in [1.165, 1.54) is 6.92 Å². The summed E-state index contributed by atoms with van der Waals surface area (Å²) in [5, 5.41) is 31.5. The number of rotatable bonds is 6. The van der Waals surface area contributed by atoms with Crippen LogP contribution in [0.15, 0.2) is 0 Å². The van der Waals surface area contributed by atoms with Gasteiger partial charge in [0.1, 0.15) is 5.78 Å². The number of hydrogen-bond donors (Lipinski definition) is 4. The van der Waals surface area contributed by atoms with Gasteiger partial charge in [-0.2, -0.15) is 0 Å². The number of carboxylic acids is 1. The van der Waals surface area contributed by atoms with Crippen molar-refractivity contribution < 1.29 is 34.4 Å². The van der Waals surface area contributed by atoms with E-state index in [-0.39, 0.29) is 18.1 Å². The summed E-state index contributed by atoms with van der Waals surface area (Å²) < 4.78 is 5.15. The summed E-state index contributed by atoms with van der Waals surface area (Å²) in [6.07, 6.45) is -2.65. The Morgan fingerprint density at radius 2 is 2.00 bits per heavy atom. The van der Waals surface area contributed by atoms with Crippen molar-refractivity contribution in [3.8, 4) is 0 Å². The van der Waals surface area contributed by atoms with Crippen LogP contribution in [0.4, 0.5) is 0 Å². The third-order valence-corrected chi connectivity index (χ3v) is 3.92. The molecule has 1 saturated heterocycles. The SMILES string of the molecule is CCC(C)C(=O)CC1OC(O)(C(=O)O)CC(O)C1NC(C)=O. The number of hydrogen-bond acceptors (Lipinski definition) is 6. The minimum atomic E-state index is -2.57. The van der Waals surface area contributed by atoms with Crippen molar-refractivity contribution in [2.75, 3.05) is 0 Å². The lowest BCUT2D eigenvalue weighted by Crippen LogP contribution is -2.63. The van der Waals surface area contributed by atoms with E-state index in [4.69, 9.17) is 9.84 Å². The largest absolute Gasteiger partial charge is 0.477 e. The van der Waals surface area contributed by atoms with Gasteiger partial charge in [0, 0.05) is 25.7 Å². The molecule has 1 aliphatic rings. The Labute approximate surface area is 128 Å². The van der Waals surface area contributed by atoms with Crippen LogP contribution < -0.4 is 5.32 Å². The topological polar surface area (TPSA) is 133 Å². The lowest BCUT2D eigenvalue weighted by atomic mass is 9.88. The molecule has 0 aromatic heterocycles. The number of ether oxygens (including phenoxy) is 1. The zero-order valence-corrected chi connectivity index (χ0v) is 12.9. The predicted molar refractivity (Wildman–Crippen MR) is 74.8 cm³/mol. The quantitative estimate of drug-likeness (QED) is 0.515.